The zero-order valence-electron chi connectivity index (χ0n) is 24.3. The van der Waals surface area contributed by atoms with Crippen molar-refractivity contribution < 1.29 is 9.47 Å². The van der Waals surface area contributed by atoms with Crippen molar-refractivity contribution in [1.29, 1.82) is 0 Å². The highest BCUT2D eigenvalue weighted by molar-refractivity contribution is 7.99. The zero-order valence-corrected chi connectivity index (χ0v) is 25.9. The van der Waals surface area contributed by atoms with Crippen molar-refractivity contribution in [1.82, 2.24) is 24.3 Å². The quantitative estimate of drug-likeness (QED) is 0.241. The van der Waals surface area contributed by atoms with Crippen LogP contribution in [0.15, 0.2) is 56.9 Å². The van der Waals surface area contributed by atoms with Crippen LogP contribution in [0.5, 0.6) is 11.5 Å². The van der Waals surface area contributed by atoms with E-state index in [1.54, 1.807) is 42.3 Å². The van der Waals surface area contributed by atoms with Gasteiger partial charge in [-0.25, -0.2) is 4.98 Å². The molecule has 42 heavy (non-hydrogen) atoms. The van der Waals surface area contributed by atoms with Gasteiger partial charge in [0.15, 0.2) is 17.0 Å². The van der Waals surface area contributed by atoms with Gasteiger partial charge in [0.1, 0.15) is 11.3 Å². The van der Waals surface area contributed by atoms with Gasteiger partial charge in [-0.2, -0.15) is 5.10 Å². The standard InChI is InChI=1S/C31H33N5O4S2/c1-7-8-23-26-27(35(4)34-23)31(38)36(29(33-26)21-11-14-24(39-5)25(17-21)40-6)15-16-41-22-12-9-20(10-13-22)18(2)28-30(37)32-19(3)42-28/h9-14,17H,3,7-8,15-16H2,1-2,4-6H3,(H,32,37)/b28-18+. The van der Waals surface area contributed by atoms with Crippen LogP contribution in [0.25, 0.3) is 34.6 Å². The molecule has 0 saturated heterocycles. The van der Waals surface area contributed by atoms with E-state index in [1.807, 2.05) is 49.4 Å². The number of thioether (sulfide) groups is 1. The Kier molecular flexibility index (Phi) is 8.69. The second kappa shape index (κ2) is 12.4. The Bertz CT molecular complexity index is 1990. The van der Waals surface area contributed by atoms with Gasteiger partial charge in [-0.05, 0) is 54.8 Å². The molecule has 3 heterocycles. The first-order valence-electron chi connectivity index (χ1n) is 13.6. The van der Waals surface area contributed by atoms with Gasteiger partial charge in [-0.3, -0.25) is 18.8 Å². The number of ether oxygens (including phenoxy) is 2. The molecule has 0 atom stereocenters. The van der Waals surface area contributed by atoms with Crippen LogP contribution in [0, 0.1) is 0 Å². The number of nitrogens with one attached hydrogen (secondary N) is 1. The molecule has 0 saturated carbocycles. The molecule has 1 N–H and O–H groups in total. The molecule has 5 rings (SSSR count). The van der Waals surface area contributed by atoms with Gasteiger partial charge in [-0.1, -0.05) is 32.1 Å². The van der Waals surface area contributed by atoms with Crippen LogP contribution in [0.2, 0.25) is 0 Å². The van der Waals surface area contributed by atoms with Crippen molar-refractivity contribution in [3.63, 3.8) is 0 Å². The molecular formula is C31H33N5O4S2. The lowest BCUT2D eigenvalue weighted by Crippen LogP contribution is -2.26. The molecule has 0 aliphatic heterocycles. The highest BCUT2D eigenvalue weighted by atomic mass is 32.2. The Labute approximate surface area is 251 Å². The smallest absolute Gasteiger partial charge is 0.280 e. The number of fused-ring (bicyclic) bond motifs is 1. The molecule has 0 aliphatic rings. The predicted octanol–water partition coefficient (Wildman–Crippen LogP) is 3.94. The number of thiazole rings is 1. The number of methoxy groups -OCH3 is 2. The van der Waals surface area contributed by atoms with E-state index in [0.29, 0.717) is 49.8 Å². The van der Waals surface area contributed by atoms with Crippen LogP contribution in [-0.2, 0) is 20.0 Å². The van der Waals surface area contributed by atoms with Gasteiger partial charge in [0.25, 0.3) is 11.1 Å². The average molecular weight is 604 g/mol. The van der Waals surface area contributed by atoms with E-state index < -0.39 is 0 Å². The second-order valence-corrected chi connectivity index (χ2v) is 12.1. The predicted molar refractivity (Wildman–Crippen MR) is 170 cm³/mol. The SMILES string of the molecule is C=c1[nH]c(=O)/c(=C(/C)c2ccc(SCCn3c(-c4ccc(OC)c(OC)c4)nc4c(CCC)nn(C)c4c3=O)cc2)s1. The summed E-state index contributed by atoms with van der Waals surface area (Å²) in [6.07, 6.45) is 1.63. The number of aromatic nitrogens is 5. The molecule has 0 radical (unpaired) electrons. The van der Waals surface area contributed by atoms with Crippen molar-refractivity contribution in [2.24, 2.45) is 7.05 Å². The summed E-state index contributed by atoms with van der Waals surface area (Å²) in [5, 5.41) is 4.62. The molecule has 0 amide bonds. The lowest BCUT2D eigenvalue weighted by molar-refractivity contribution is 0.355. The number of hydrogen-bond acceptors (Lipinski definition) is 8. The van der Waals surface area contributed by atoms with Crippen LogP contribution in [-0.4, -0.2) is 44.3 Å². The van der Waals surface area contributed by atoms with Crippen LogP contribution in [0.1, 0.15) is 31.5 Å². The van der Waals surface area contributed by atoms with E-state index in [4.69, 9.17) is 14.5 Å². The summed E-state index contributed by atoms with van der Waals surface area (Å²) < 4.78 is 15.6. The third-order valence-corrected chi connectivity index (χ3v) is 9.07. The van der Waals surface area contributed by atoms with Crippen LogP contribution >= 0.6 is 23.1 Å². The summed E-state index contributed by atoms with van der Waals surface area (Å²) in [5.41, 5.74) is 4.36. The first-order valence-corrected chi connectivity index (χ1v) is 15.4. The number of benzene rings is 2. The van der Waals surface area contributed by atoms with E-state index >= 15 is 0 Å². The average Bonchev–Trinajstić information content (AvgIpc) is 3.50. The molecule has 0 spiro atoms. The van der Waals surface area contributed by atoms with Gasteiger partial charge in [0.05, 0.1) is 29.1 Å². The van der Waals surface area contributed by atoms with E-state index in [0.717, 1.165) is 40.1 Å². The molecule has 0 unspecified atom stereocenters. The number of aryl methyl sites for hydroxylation is 2. The first kappa shape index (κ1) is 29.4. The van der Waals surface area contributed by atoms with Gasteiger partial charge in [-0.15, -0.1) is 23.1 Å². The summed E-state index contributed by atoms with van der Waals surface area (Å²) in [5.74, 6) is 2.37. The third kappa shape index (κ3) is 5.66. The van der Waals surface area contributed by atoms with Crippen LogP contribution in [0.3, 0.4) is 0 Å². The molecule has 218 valence electrons. The Morgan fingerprint density at radius 2 is 1.83 bits per heavy atom. The lowest BCUT2D eigenvalue weighted by Gasteiger charge is -2.15. The van der Waals surface area contributed by atoms with Crippen molar-refractivity contribution in [3.05, 3.63) is 83.6 Å². The normalized spacial score (nSPS) is 12.1. The van der Waals surface area contributed by atoms with Crippen molar-refractivity contribution in [2.45, 2.75) is 38.1 Å². The monoisotopic (exact) mass is 603 g/mol. The molecule has 5 aromatic rings. The third-order valence-electron chi connectivity index (χ3n) is 7.04. The fraction of sp³-hybridized carbons (Fsp3) is 0.290. The molecule has 2 aromatic carbocycles. The van der Waals surface area contributed by atoms with Gasteiger partial charge in [0.2, 0.25) is 0 Å². The summed E-state index contributed by atoms with van der Waals surface area (Å²) in [7, 11) is 4.97. The van der Waals surface area contributed by atoms with Gasteiger partial charge in [0, 0.05) is 29.8 Å². The van der Waals surface area contributed by atoms with E-state index in [9.17, 15) is 9.59 Å². The Balaban J connectivity index is 1.48. The summed E-state index contributed by atoms with van der Waals surface area (Å²) in [6, 6.07) is 13.7. The minimum atomic E-state index is -0.130. The second-order valence-electron chi connectivity index (χ2n) is 9.79. The number of H-pyrrole nitrogens is 1. The van der Waals surface area contributed by atoms with E-state index in [-0.39, 0.29) is 11.1 Å². The van der Waals surface area contributed by atoms with Crippen LogP contribution < -0.4 is 29.8 Å². The molecule has 0 aliphatic carbocycles. The highest BCUT2D eigenvalue weighted by Crippen LogP contribution is 2.32. The molecular weight excluding hydrogens is 571 g/mol. The van der Waals surface area contributed by atoms with E-state index in [2.05, 4.69) is 23.6 Å². The van der Waals surface area contributed by atoms with Crippen molar-refractivity contribution >= 4 is 46.3 Å². The maximum atomic E-state index is 13.9. The zero-order chi connectivity index (χ0) is 30.0. The van der Waals surface area contributed by atoms with Gasteiger partial charge < -0.3 is 14.5 Å². The largest absolute Gasteiger partial charge is 0.493 e. The first-order chi connectivity index (χ1) is 20.2. The Morgan fingerprint density at radius 1 is 1.10 bits per heavy atom. The molecule has 9 nitrogen and oxygen atoms in total. The minimum Gasteiger partial charge on any atom is -0.493 e. The van der Waals surface area contributed by atoms with E-state index in [1.165, 1.54) is 11.3 Å². The van der Waals surface area contributed by atoms with Crippen LogP contribution in [0.4, 0.5) is 0 Å². The molecule has 11 heteroatoms. The summed E-state index contributed by atoms with van der Waals surface area (Å²) >= 11 is 3.01. The molecule has 3 aromatic heterocycles. The fourth-order valence-electron chi connectivity index (χ4n) is 4.94. The summed E-state index contributed by atoms with van der Waals surface area (Å²) in [6.45, 7) is 8.30. The van der Waals surface area contributed by atoms with Gasteiger partial charge >= 0.3 is 0 Å². The Hall–Kier alpha value is -4.09. The Morgan fingerprint density at radius 3 is 2.48 bits per heavy atom. The fourth-order valence-corrected chi connectivity index (χ4v) is 6.58. The maximum Gasteiger partial charge on any atom is 0.280 e. The highest BCUT2D eigenvalue weighted by Gasteiger charge is 2.20. The minimum absolute atomic E-state index is 0.113. The number of nitrogens with zero attached hydrogens (tertiary/aromatic N) is 4. The molecule has 0 bridgehead atoms. The van der Waals surface area contributed by atoms with Crippen molar-refractivity contribution in [3.8, 4) is 22.9 Å². The number of aromatic amines is 1. The van der Waals surface area contributed by atoms with Crippen molar-refractivity contribution in [2.75, 3.05) is 20.0 Å². The summed E-state index contributed by atoms with van der Waals surface area (Å²) in [4.78, 5) is 34.9. The maximum absolute atomic E-state index is 13.9. The molecule has 0 fully saturated rings. The lowest BCUT2D eigenvalue weighted by atomic mass is 10.1. The number of hydrogen-bond donors (Lipinski definition) is 1. The number of rotatable bonds is 10. The topological polar surface area (TPSA) is 104 Å².